The van der Waals surface area contributed by atoms with Gasteiger partial charge in [-0.3, -0.25) is 0 Å². The zero-order valence-corrected chi connectivity index (χ0v) is 33.7. The van der Waals surface area contributed by atoms with Crippen molar-refractivity contribution in [3.63, 3.8) is 0 Å². The normalized spacial score (nSPS) is 11.4. The minimum Gasteiger partial charge on any atom is -0.487 e. The molecule has 6 aromatic rings. The number of ether oxygens (including phenoxy) is 2. The minimum absolute atomic E-state index is 0.0185. The Morgan fingerprint density at radius 2 is 1.22 bits per heavy atom. The molecule has 3 aromatic heterocycles. The molecule has 0 aliphatic heterocycles. The number of hydrogen-bond donors (Lipinski definition) is 0. The molecule has 0 aliphatic rings. The van der Waals surface area contributed by atoms with E-state index in [-0.39, 0.29) is 25.0 Å². The van der Waals surface area contributed by atoms with E-state index in [0.29, 0.717) is 88.4 Å². The third-order valence-electron chi connectivity index (χ3n) is 8.58. The van der Waals surface area contributed by atoms with Gasteiger partial charge in [-0.1, -0.05) is 120 Å². The van der Waals surface area contributed by atoms with Crippen LogP contribution in [0.15, 0.2) is 82.0 Å². The van der Waals surface area contributed by atoms with E-state index >= 15 is 0 Å². The smallest absolute Gasteiger partial charge is 0.338 e. The number of halogens is 5. The number of rotatable bonds is 13. The molecule has 9 nitrogen and oxygen atoms in total. The van der Waals surface area contributed by atoms with Crippen LogP contribution in [0.1, 0.15) is 78.1 Å². The molecule has 0 bridgehead atoms. The van der Waals surface area contributed by atoms with Crippen molar-refractivity contribution in [1.82, 2.24) is 15.3 Å². The predicted octanol–water partition coefficient (Wildman–Crippen LogP) is 12.5. The Morgan fingerprint density at radius 1 is 0.722 bits per heavy atom. The van der Waals surface area contributed by atoms with E-state index in [0.717, 1.165) is 11.1 Å². The fourth-order valence-electron chi connectivity index (χ4n) is 5.92. The molecule has 0 unspecified atom stereocenters. The molecular weight excluding hydrogens is 794 g/mol. The summed E-state index contributed by atoms with van der Waals surface area (Å²) in [4.78, 5) is 19.6. The lowest BCUT2D eigenvalue weighted by Crippen LogP contribution is -2.18. The van der Waals surface area contributed by atoms with Gasteiger partial charge >= 0.3 is 5.97 Å². The molecule has 0 N–H and O–H groups in total. The summed E-state index contributed by atoms with van der Waals surface area (Å²) < 4.78 is 23.2. The Kier molecular flexibility index (Phi) is 12.5. The Bertz CT molecular complexity index is 2250. The van der Waals surface area contributed by atoms with Crippen LogP contribution >= 0.6 is 58.0 Å². The zero-order chi connectivity index (χ0) is 38.7. The van der Waals surface area contributed by atoms with Crippen LogP contribution in [-0.2, 0) is 24.5 Å². The van der Waals surface area contributed by atoms with E-state index < -0.39 is 5.97 Å². The average molecular weight is 829 g/mol. The predicted molar refractivity (Wildman–Crippen MR) is 213 cm³/mol. The number of nitrogens with zero attached hydrogens (tertiary/aromatic N) is 4. The molecule has 3 aromatic carbocycles. The van der Waals surface area contributed by atoms with Crippen LogP contribution in [-0.4, -0.2) is 28.3 Å². The van der Waals surface area contributed by atoms with E-state index in [9.17, 15) is 4.79 Å². The highest BCUT2D eigenvalue weighted by Gasteiger charge is 2.26. The highest BCUT2D eigenvalue weighted by molar-refractivity contribution is 6.39. The number of carbonyl (C=O) groups is 1. The van der Waals surface area contributed by atoms with E-state index in [1.54, 1.807) is 60.8 Å². The second-order valence-electron chi connectivity index (χ2n) is 13.1. The third kappa shape index (κ3) is 8.51. The Hall–Kier alpha value is -4.25. The number of anilines is 1. The van der Waals surface area contributed by atoms with Crippen LogP contribution < -0.4 is 9.64 Å². The first kappa shape index (κ1) is 39.4. The molecule has 54 heavy (non-hydrogen) atoms. The van der Waals surface area contributed by atoms with Gasteiger partial charge in [0.05, 0.1) is 48.0 Å². The molecule has 0 spiro atoms. The van der Waals surface area contributed by atoms with Crippen molar-refractivity contribution in [3.8, 4) is 28.3 Å². The Morgan fingerprint density at radius 3 is 1.70 bits per heavy atom. The van der Waals surface area contributed by atoms with Crippen LogP contribution in [0.5, 0.6) is 5.75 Å². The van der Waals surface area contributed by atoms with Crippen molar-refractivity contribution in [2.24, 2.45) is 0 Å². The monoisotopic (exact) mass is 826 g/mol. The van der Waals surface area contributed by atoms with E-state index in [1.165, 1.54) is 0 Å². The van der Waals surface area contributed by atoms with Crippen LogP contribution in [0.3, 0.4) is 0 Å². The fourth-order valence-corrected chi connectivity index (χ4v) is 7.37. The Labute approximate surface area is 338 Å². The van der Waals surface area contributed by atoms with Crippen molar-refractivity contribution < 1.29 is 23.3 Å². The zero-order valence-electron chi connectivity index (χ0n) is 29.9. The van der Waals surface area contributed by atoms with Gasteiger partial charge in [0.2, 0.25) is 0 Å². The second kappa shape index (κ2) is 17.0. The topological polar surface area (TPSA) is 104 Å². The van der Waals surface area contributed by atoms with Crippen molar-refractivity contribution in [2.45, 2.75) is 59.3 Å². The number of esters is 1. The minimum atomic E-state index is -0.504. The molecule has 0 saturated carbocycles. The maximum absolute atomic E-state index is 13.1. The molecule has 0 saturated heterocycles. The second-order valence-corrected chi connectivity index (χ2v) is 15.2. The molecule has 0 fully saturated rings. The molecule has 0 aliphatic carbocycles. The van der Waals surface area contributed by atoms with Gasteiger partial charge in [-0.25, -0.2) is 9.78 Å². The molecule has 3 heterocycles. The summed E-state index contributed by atoms with van der Waals surface area (Å²) in [5.41, 5.74) is 4.70. The van der Waals surface area contributed by atoms with Crippen LogP contribution in [0.4, 0.5) is 5.82 Å². The number of pyridine rings is 1. The highest BCUT2D eigenvalue weighted by atomic mass is 35.5. The van der Waals surface area contributed by atoms with Gasteiger partial charge in [0, 0.05) is 42.6 Å². The standard InChI is InChI=1S/C40H35Cl5N4O5/c1-21(2)37-26(35(47-53-37)33-28(41)8-6-9-29(33)42)19-51-25-16-32(45)39(46-17-25)49(5)18-23-12-14-24(15-13-23)40(50)52-20-27-36(48-54-38(27)22(3)4)34-30(43)10-7-11-31(34)44/h6-17,21-22H,18-20H2,1-5H3. The lowest BCUT2D eigenvalue weighted by molar-refractivity contribution is 0.0471. The third-order valence-corrected chi connectivity index (χ3v) is 10.1. The number of aromatic nitrogens is 3. The number of benzene rings is 3. The summed E-state index contributed by atoms with van der Waals surface area (Å²) >= 11 is 32.6. The van der Waals surface area contributed by atoms with E-state index in [1.807, 2.05) is 51.8 Å². The largest absolute Gasteiger partial charge is 0.487 e. The lowest BCUT2D eigenvalue weighted by atomic mass is 10.0. The van der Waals surface area contributed by atoms with Gasteiger partial charge in [0.1, 0.15) is 47.7 Å². The summed E-state index contributed by atoms with van der Waals surface area (Å²) in [6, 6.07) is 19.3. The van der Waals surface area contributed by atoms with Gasteiger partial charge in [0.25, 0.3) is 0 Å². The maximum Gasteiger partial charge on any atom is 0.338 e. The van der Waals surface area contributed by atoms with Crippen molar-refractivity contribution in [3.05, 3.63) is 132 Å². The summed E-state index contributed by atoms with van der Waals surface area (Å²) in [7, 11) is 1.87. The molecule has 0 radical (unpaired) electrons. The summed E-state index contributed by atoms with van der Waals surface area (Å²) in [6.45, 7) is 8.44. The van der Waals surface area contributed by atoms with E-state index in [2.05, 4.69) is 15.3 Å². The summed E-state index contributed by atoms with van der Waals surface area (Å²) in [5, 5.41) is 10.6. The van der Waals surface area contributed by atoms with Crippen molar-refractivity contribution in [2.75, 3.05) is 11.9 Å². The van der Waals surface area contributed by atoms with Gasteiger partial charge < -0.3 is 23.4 Å². The molecule has 0 atom stereocenters. The molecule has 14 heteroatoms. The first-order chi connectivity index (χ1) is 25.8. The quantitative estimate of drug-likeness (QED) is 0.105. The van der Waals surface area contributed by atoms with Crippen molar-refractivity contribution >= 4 is 69.8 Å². The molecule has 6 rings (SSSR count). The molecular formula is C40H35Cl5N4O5. The van der Waals surface area contributed by atoms with E-state index in [4.69, 9.17) is 76.5 Å². The molecule has 280 valence electrons. The summed E-state index contributed by atoms with van der Waals surface area (Å²) in [6.07, 6.45) is 1.60. The number of carbonyl (C=O) groups excluding carboxylic acids is 1. The van der Waals surface area contributed by atoms with Crippen LogP contribution in [0.25, 0.3) is 22.5 Å². The average Bonchev–Trinajstić information content (AvgIpc) is 3.74. The highest BCUT2D eigenvalue weighted by Crippen LogP contribution is 2.40. The SMILES string of the molecule is CC(C)c1onc(-c2c(Cl)cccc2Cl)c1COC(=O)c1ccc(CN(C)c2ncc(OCc3c(-c4c(Cl)cccc4Cl)noc3C(C)C)cc2Cl)cc1. The van der Waals surface area contributed by atoms with Crippen molar-refractivity contribution in [1.29, 1.82) is 0 Å². The van der Waals surface area contributed by atoms with Gasteiger partial charge in [-0.05, 0) is 42.0 Å². The van der Waals surface area contributed by atoms with Gasteiger partial charge in [0.15, 0.2) is 0 Å². The van der Waals surface area contributed by atoms with Crippen LogP contribution in [0.2, 0.25) is 25.1 Å². The van der Waals surface area contributed by atoms with Crippen LogP contribution in [0, 0.1) is 0 Å². The van der Waals surface area contributed by atoms with Gasteiger partial charge in [-0.2, -0.15) is 0 Å². The Balaban J connectivity index is 1.10. The van der Waals surface area contributed by atoms with Gasteiger partial charge in [-0.15, -0.1) is 0 Å². The first-order valence-corrected chi connectivity index (χ1v) is 18.8. The fraction of sp³-hybridized carbons (Fsp3) is 0.250. The maximum atomic E-state index is 13.1. The molecule has 0 amide bonds. The lowest BCUT2D eigenvalue weighted by Gasteiger charge is -2.20. The number of hydrogen-bond acceptors (Lipinski definition) is 9. The summed E-state index contributed by atoms with van der Waals surface area (Å²) in [5.74, 6) is 1.77. The first-order valence-electron chi connectivity index (χ1n) is 16.9.